The highest BCUT2D eigenvalue weighted by atomic mass is 32.2. The van der Waals surface area contributed by atoms with E-state index in [0.717, 1.165) is 0 Å². The second-order valence-corrected chi connectivity index (χ2v) is 8.47. The molecular weight excluding hydrogens is 382 g/mol. The van der Waals surface area contributed by atoms with E-state index in [1.54, 1.807) is 36.0 Å². The van der Waals surface area contributed by atoms with Crippen molar-refractivity contribution in [1.29, 1.82) is 0 Å². The number of rotatable bonds is 3. The summed E-state index contributed by atoms with van der Waals surface area (Å²) in [6, 6.07) is 6.75. The molecule has 1 aromatic carbocycles. The summed E-state index contributed by atoms with van der Waals surface area (Å²) in [5, 5.41) is 15.6. The Balaban J connectivity index is 1.40. The first kappa shape index (κ1) is 19.1. The van der Waals surface area contributed by atoms with Crippen LogP contribution in [0.15, 0.2) is 24.3 Å². The fourth-order valence-electron chi connectivity index (χ4n) is 3.79. The van der Waals surface area contributed by atoms with Crippen molar-refractivity contribution in [2.45, 2.75) is 37.1 Å². The lowest BCUT2D eigenvalue weighted by Gasteiger charge is -2.38. The lowest BCUT2D eigenvalue weighted by Crippen LogP contribution is -2.56. The smallest absolute Gasteiger partial charge is 0.258 e. The number of hydrogen-bond acceptors (Lipinski definition) is 6. The van der Waals surface area contributed by atoms with Crippen LogP contribution in [0.3, 0.4) is 0 Å². The molecule has 28 heavy (non-hydrogen) atoms. The minimum absolute atomic E-state index is 0.0622. The van der Waals surface area contributed by atoms with Crippen molar-refractivity contribution in [3.8, 4) is 5.75 Å². The number of para-hydroxylation sites is 1. The van der Waals surface area contributed by atoms with Gasteiger partial charge < -0.3 is 25.4 Å². The summed E-state index contributed by atoms with van der Waals surface area (Å²) < 4.78 is 6.09. The van der Waals surface area contributed by atoms with Gasteiger partial charge in [-0.1, -0.05) is 12.1 Å². The van der Waals surface area contributed by atoms with Crippen LogP contribution in [0.5, 0.6) is 5.75 Å². The molecule has 3 aliphatic rings. The molecule has 3 heterocycles. The van der Waals surface area contributed by atoms with Crippen molar-refractivity contribution in [2.75, 3.05) is 24.6 Å². The molecule has 0 radical (unpaired) electrons. The van der Waals surface area contributed by atoms with Gasteiger partial charge in [0.1, 0.15) is 5.75 Å². The van der Waals surface area contributed by atoms with E-state index in [-0.39, 0.29) is 36.7 Å². The lowest BCUT2D eigenvalue weighted by molar-refractivity contribution is -0.136. The van der Waals surface area contributed by atoms with Crippen molar-refractivity contribution < 1.29 is 24.2 Å². The highest BCUT2D eigenvalue weighted by molar-refractivity contribution is 7.99. The van der Waals surface area contributed by atoms with Gasteiger partial charge in [0.15, 0.2) is 5.72 Å². The number of thioether (sulfide) groups is 1. The number of carbonyl (C=O) groups is 3. The van der Waals surface area contributed by atoms with Gasteiger partial charge in [-0.25, -0.2) is 0 Å². The zero-order chi connectivity index (χ0) is 19.7. The average Bonchev–Trinajstić information content (AvgIpc) is 3.01. The third kappa shape index (κ3) is 3.81. The Bertz CT molecular complexity index is 804. The quantitative estimate of drug-likeness (QED) is 0.659. The summed E-state index contributed by atoms with van der Waals surface area (Å²) >= 11 is 1.59. The van der Waals surface area contributed by atoms with Gasteiger partial charge in [-0.15, -0.1) is 0 Å². The Labute approximate surface area is 167 Å². The predicted octanol–water partition coefficient (Wildman–Crippen LogP) is 0.110. The maximum absolute atomic E-state index is 12.5. The number of carbonyl (C=O) groups excluding carboxylic acids is 3. The highest BCUT2D eigenvalue weighted by Gasteiger charge is 2.42. The van der Waals surface area contributed by atoms with Crippen LogP contribution in [0.4, 0.5) is 0 Å². The molecule has 1 spiro atoms. The minimum Gasteiger partial charge on any atom is -0.467 e. The van der Waals surface area contributed by atoms with Crippen molar-refractivity contribution in [2.24, 2.45) is 0 Å². The van der Waals surface area contributed by atoms with Crippen molar-refractivity contribution in [1.82, 2.24) is 15.5 Å². The van der Waals surface area contributed by atoms with E-state index in [1.807, 2.05) is 0 Å². The van der Waals surface area contributed by atoms with Crippen molar-refractivity contribution in [3.63, 3.8) is 0 Å². The molecule has 0 bridgehead atoms. The third-order valence-corrected chi connectivity index (χ3v) is 6.56. The number of aliphatic hydroxyl groups excluding tert-OH is 1. The van der Waals surface area contributed by atoms with E-state index < -0.39 is 11.8 Å². The molecule has 0 unspecified atom stereocenters. The van der Waals surface area contributed by atoms with Crippen LogP contribution in [0.25, 0.3) is 0 Å². The topological polar surface area (TPSA) is 108 Å². The molecular formula is C19H23N3O5S. The zero-order valence-corrected chi connectivity index (χ0v) is 16.2. The minimum atomic E-state index is -0.940. The van der Waals surface area contributed by atoms with Crippen LogP contribution >= 0.6 is 11.8 Å². The maximum Gasteiger partial charge on any atom is 0.258 e. The molecule has 1 aromatic rings. The van der Waals surface area contributed by atoms with Crippen molar-refractivity contribution in [3.05, 3.63) is 29.8 Å². The first-order chi connectivity index (χ1) is 13.5. The summed E-state index contributed by atoms with van der Waals surface area (Å²) in [6.07, 6.45) is 0.371. The average molecular weight is 405 g/mol. The van der Waals surface area contributed by atoms with Gasteiger partial charge >= 0.3 is 0 Å². The summed E-state index contributed by atoms with van der Waals surface area (Å²) in [7, 11) is 0. The van der Waals surface area contributed by atoms with Gasteiger partial charge in [-0.05, 0) is 12.1 Å². The molecule has 0 aliphatic carbocycles. The Morgan fingerprint density at radius 1 is 1.32 bits per heavy atom. The molecule has 8 nitrogen and oxygen atoms in total. The molecule has 2 fully saturated rings. The van der Waals surface area contributed by atoms with Crippen LogP contribution in [-0.2, 0) is 9.59 Å². The summed E-state index contributed by atoms with van der Waals surface area (Å²) in [5.74, 6) is 1.14. The predicted molar refractivity (Wildman–Crippen MR) is 103 cm³/mol. The molecule has 4 rings (SSSR count). The van der Waals surface area contributed by atoms with Crippen molar-refractivity contribution >= 4 is 29.5 Å². The number of hydrogen-bond donors (Lipinski definition) is 3. The molecule has 3 amide bonds. The third-order valence-electron chi connectivity index (χ3n) is 5.39. The number of likely N-dealkylation sites (tertiary alicyclic amines) is 1. The van der Waals surface area contributed by atoms with Crippen LogP contribution in [-0.4, -0.2) is 70.2 Å². The number of benzene rings is 1. The van der Waals surface area contributed by atoms with Gasteiger partial charge in [-0.2, -0.15) is 11.8 Å². The van der Waals surface area contributed by atoms with Gasteiger partial charge in [0, 0.05) is 37.3 Å². The van der Waals surface area contributed by atoms with Crippen LogP contribution < -0.4 is 15.4 Å². The fourth-order valence-corrected chi connectivity index (χ4v) is 4.96. The number of ether oxygens (including phenoxy) is 1. The maximum atomic E-state index is 12.5. The molecule has 3 atom stereocenters. The van der Waals surface area contributed by atoms with E-state index in [9.17, 15) is 19.5 Å². The van der Waals surface area contributed by atoms with Gasteiger partial charge in [0.2, 0.25) is 11.8 Å². The van der Waals surface area contributed by atoms with Gasteiger partial charge in [-0.3, -0.25) is 14.4 Å². The summed E-state index contributed by atoms with van der Waals surface area (Å²) in [4.78, 5) is 38.8. The standard InChI is InChI=1S/C19H23N3O5S/c23-14-11-28-10-13(14)20-16(24)9-22-8-7-19(6-5-17(22)25)21-18(26)12-3-1-2-4-15(12)27-19/h1-4,13-14,23H,5-11H2,(H,20,24)(H,21,26)/t13-,14+,19+/m0/s1. The van der Waals surface area contributed by atoms with E-state index in [4.69, 9.17) is 4.74 Å². The largest absolute Gasteiger partial charge is 0.467 e. The number of nitrogens with zero attached hydrogens (tertiary/aromatic N) is 1. The lowest BCUT2D eigenvalue weighted by atomic mass is 10.0. The molecule has 2 saturated heterocycles. The van der Waals surface area contributed by atoms with Crippen LogP contribution in [0.1, 0.15) is 29.6 Å². The van der Waals surface area contributed by atoms with E-state index >= 15 is 0 Å². The highest BCUT2D eigenvalue weighted by Crippen LogP contribution is 2.33. The summed E-state index contributed by atoms with van der Waals surface area (Å²) in [6.45, 7) is 0.240. The van der Waals surface area contributed by atoms with E-state index in [0.29, 0.717) is 42.2 Å². The fraction of sp³-hybridized carbons (Fsp3) is 0.526. The van der Waals surface area contributed by atoms with Crippen LogP contribution in [0, 0.1) is 0 Å². The Morgan fingerprint density at radius 3 is 2.93 bits per heavy atom. The Hall–Kier alpha value is -2.26. The summed E-state index contributed by atoms with van der Waals surface area (Å²) in [5.41, 5.74) is -0.460. The first-order valence-electron chi connectivity index (χ1n) is 9.39. The SMILES string of the molecule is O=C(CN1CC[C@]2(CCC1=O)NC(=O)c1ccccc1O2)N[C@H]1CSC[C@H]1O. The monoisotopic (exact) mass is 405 g/mol. The molecule has 0 saturated carbocycles. The van der Waals surface area contributed by atoms with E-state index in [1.165, 1.54) is 4.90 Å². The van der Waals surface area contributed by atoms with Crippen LogP contribution in [0.2, 0.25) is 0 Å². The van der Waals surface area contributed by atoms with E-state index in [2.05, 4.69) is 10.6 Å². The molecule has 0 aromatic heterocycles. The number of fused-ring (bicyclic) bond motifs is 1. The van der Waals surface area contributed by atoms with Gasteiger partial charge in [0.25, 0.3) is 5.91 Å². The number of nitrogens with one attached hydrogen (secondary N) is 2. The normalized spacial score (nSPS) is 29.7. The second-order valence-electron chi connectivity index (χ2n) is 7.39. The molecule has 9 heteroatoms. The molecule has 150 valence electrons. The van der Waals surface area contributed by atoms with Gasteiger partial charge in [0.05, 0.1) is 24.3 Å². The molecule has 3 N–H and O–H groups in total. The molecule has 3 aliphatic heterocycles. The second kappa shape index (κ2) is 7.63. The Morgan fingerprint density at radius 2 is 2.14 bits per heavy atom. The first-order valence-corrected chi connectivity index (χ1v) is 10.5. The number of aliphatic hydroxyl groups is 1. The Kier molecular flexibility index (Phi) is 5.20. The zero-order valence-electron chi connectivity index (χ0n) is 15.3. The number of amides is 3.